The van der Waals surface area contributed by atoms with E-state index in [1.165, 1.54) is 21.3 Å². The van der Waals surface area contributed by atoms with E-state index in [2.05, 4.69) is 5.32 Å². The van der Waals surface area contributed by atoms with E-state index in [1.807, 2.05) is 6.07 Å². The molecule has 0 aliphatic heterocycles. The van der Waals surface area contributed by atoms with Gasteiger partial charge in [0.1, 0.15) is 17.0 Å². The van der Waals surface area contributed by atoms with E-state index in [0.29, 0.717) is 17.1 Å². The molecule has 1 amide bonds. The summed E-state index contributed by atoms with van der Waals surface area (Å²) < 4.78 is 15.2. The van der Waals surface area contributed by atoms with Crippen molar-refractivity contribution in [2.75, 3.05) is 27.9 Å². The van der Waals surface area contributed by atoms with Crippen LogP contribution in [0.2, 0.25) is 0 Å². The van der Waals surface area contributed by atoms with Gasteiger partial charge in [0.25, 0.3) is 5.91 Å². The molecule has 1 aromatic carbocycles. The van der Waals surface area contributed by atoms with Gasteiger partial charge >= 0.3 is 0 Å². The zero-order chi connectivity index (χ0) is 15.2. The topological polar surface area (TPSA) is 80.6 Å². The van der Waals surface area contributed by atoms with E-state index >= 15 is 0 Å². The number of amides is 1. The Hall–Kier alpha value is -2.26. The van der Waals surface area contributed by atoms with Gasteiger partial charge in [-0.2, -0.15) is 5.26 Å². The lowest BCUT2D eigenvalue weighted by Gasteiger charge is -2.22. The van der Waals surface area contributed by atoms with Gasteiger partial charge in [0.2, 0.25) is 0 Å². The Labute approximate surface area is 118 Å². The molecule has 6 nitrogen and oxygen atoms in total. The van der Waals surface area contributed by atoms with Gasteiger partial charge in [-0.15, -0.1) is 0 Å². The van der Waals surface area contributed by atoms with Crippen molar-refractivity contribution in [3.8, 4) is 17.6 Å². The van der Waals surface area contributed by atoms with Crippen molar-refractivity contribution in [3.63, 3.8) is 0 Å². The van der Waals surface area contributed by atoms with Crippen LogP contribution < -0.4 is 14.8 Å². The Bertz CT molecular complexity index is 524. The molecule has 0 saturated carbocycles. The number of ether oxygens (including phenoxy) is 3. The molecule has 0 fully saturated rings. The largest absolute Gasteiger partial charge is 0.497 e. The maximum Gasteiger partial charge on any atom is 0.256 e. The number of nitriles is 1. The first-order valence-electron chi connectivity index (χ1n) is 5.94. The second-order valence-electron chi connectivity index (χ2n) is 4.40. The lowest BCUT2D eigenvalue weighted by Crippen LogP contribution is -2.48. The first-order valence-corrected chi connectivity index (χ1v) is 5.94. The first kappa shape index (κ1) is 15.8. The highest BCUT2D eigenvalue weighted by atomic mass is 16.5. The number of carbonyl (C=O) groups is 1. The zero-order valence-electron chi connectivity index (χ0n) is 12.0. The van der Waals surface area contributed by atoms with E-state index in [1.54, 1.807) is 25.1 Å². The number of nitrogens with zero attached hydrogens (tertiary/aromatic N) is 1. The van der Waals surface area contributed by atoms with Gasteiger partial charge in [-0.1, -0.05) is 0 Å². The molecule has 0 heterocycles. The lowest BCUT2D eigenvalue weighted by atomic mass is 10.0. The normalized spacial score (nSPS) is 12.9. The minimum absolute atomic E-state index is 0.0910. The smallest absolute Gasteiger partial charge is 0.256 e. The van der Waals surface area contributed by atoms with Crippen LogP contribution in [-0.4, -0.2) is 39.4 Å². The van der Waals surface area contributed by atoms with Crippen molar-refractivity contribution in [2.45, 2.75) is 12.5 Å². The Balaban J connectivity index is 3.01. The summed E-state index contributed by atoms with van der Waals surface area (Å²) in [5.74, 6) is 0.545. The van der Waals surface area contributed by atoms with Gasteiger partial charge in [0.15, 0.2) is 0 Å². The molecule has 0 aromatic heterocycles. The minimum Gasteiger partial charge on any atom is -0.497 e. The van der Waals surface area contributed by atoms with Gasteiger partial charge in [0, 0.05) is 13.2 Å². The molecule has 0 aliphatic rings. The fourth-order valence-electron chi connectivity index (χ4n) is 1.69. The van der Waals surface area contributed by atoms with Crippen molar-refractivity contribution >= 4 is 5.91 Å². The Morgan fingerprint density at radius 3 is 2.55 bits per heavy atom. The molecular weight excluding hydrogens is 260 g/mol. The third-order valence-corrected chi connectivity index (χ3v) is 2.72. The van der Waals surface area contributed by atoms with Gasteiger partial charge in [-0.3, -0.25) is 4.79 Å². The van der Waals surface area contributed by atoms with E-state index in [-0.39, 0.29) is 6.61 Å². The highest BCUT2D eigenvalue weighted by molar-refractivity contribution is 5.97. The molecule has 1 N–H and O–H groups in total. The predicted molar refractivity (Wildman–Crippen MR) is 72.9 cm³/mol. The molecule has 1 aromatic rings. The fourth-order valence-corrected chi connectivity index (χ4v) is 1.69. The van der Waals surface area contributed by atoms with Gasteiger partial charge in [-0.25, -0.2) is 0 Å². The van der Waals surface area contributed by atoms with Crippen LogP contribution in [0.3, 0.4) is 0 Å². The van der Waals surface area contributed by atoms with Gasteiger partial charge in [0.05, 0.1) is 32.5 Å². The molecule has 1 rings (SSSR count). The standard InChI is InChI=1S/C14H18N2O4/c1-14(8-15,9-18-2)16-13(17)11-6-5-10(19-3)7-12(11)20-4/h5-7H,9H2,1-4H3,(H,16,17). The predicted octanol–water partition coefficient (Wildman–Crippen LogP) is 1.36. The van der Waals surface area contributed by atoms with E-state index in [9.17, 15) is 4.79 Å². The molecule has 0 aliphatic carbocycles. The molecule has 20 heavy (non-hydrogen) atoms. The molecule has 1 atom stereocenters. The van der Waals surface area contributed by atoms with Gasteiger partial charge in [-0.05, 0) is 19.1 Å². The lowest BCUT2D eigenvalue weighted by molar-refractivity contribution is 0.0857. The van der Waals surface area contributed by atoms with Gasteiger partial charge < -0.3 is 19.5 Å². The SMILES string of the molecule is COCC(C)(C#N)NC(=O)c1ccc(OC)cc1OC. The van der Waals surface area contributed by atoms with E-state index < -0.39 is 11.4 Å². The fraction of sp³-hybridized carbons (Fsp3) is 0.429. The quantitative estimate of drug-likeness (QED) is 0.849. The third-order valence-electron chi connectivity index (χ3n) is 2.72. The minimum atomic E-state index is -1.10. The van der Waals surface area contributed by atoms with Crippen LogP contribution in [0, 0.1) is 11.3 Å². The number of nitrogens with one attached hydrogen (secondary N) is 1. The summed E-state index contributed by atoms with van der Waals surface area (Å²) in [6.45, 7) is 1.68. The Morgan fingerprint density at radius 2 is 2.05 bits per heavy atom. The highest BCUT2D eigenvalue weighted by Crippen LogP contribution is 2.24. The van der Waals surface area contributed by atoms with Crippen molar-refractivity contribution < 1.29 is 19.0 Å². The molecule has 0 saturated heterocycles. The summed E-state index contributed by atoms with van der Waals surface area (Å²) in [4.78, 5) is 12.2. The van der Waals surface area contributed by atoms with Crippen LogP contribution in [0.4, 0.5) is 0 Å². The van der Waals surface area contributed by atoms with Crippen LogP contribution in [0.5, 0.6) is 11.5 Å². The zero-order valence-corrected chi connectivity index (χ0v) is 12.0. The van der Waals surface area contributed by atoms with Crippen LogP contribution in [0.1, 0.15) is 17.3 Å². The number of carbonyl (C=O) groups excluding carboxylic acids is 1. The molecule has 0 bridgehead atoms. The summed E-state index contributed by atoms with van der Waals surface area (Å²) in [5, 5.41) is 11.8. The maximum absolute atomic E-state index is 12.2. The first-order chi connectivity index (χ1) is 9.49. The van der Waals surface area contributed by atoms with E-state index in [4.69, 9.17) is 19.5 Å². The number of rotatable bonds is 6. The number of methoxy groups -OCH3 is 3. The van der Waals surface area contributed by atoms with Crippen LogP contribution in [0.25, 0.3) is 0 Å². The highest BCUT2D eigenvalue weighted by Gasteiger charge is 2.27. The van der Waals surface area contributed by atoms with Crippen molar-refractivity contribution in [1.82, 2.24) is 5.32 Å². The maximum atomic E-state index is 12.2. The summed E-state index contributed by atoms with van der Waals surface area (Å²) in [6.07, 6.45) is 0. The Kier molecular flexibility index (Phi) is 5.35. The second-order valence-corrected chi connectivity index (χ2v) is 4.40. The number of benzene rings is 1. The molecule has 6 heteroatoms. The van der Waals surface area contributed by atoms with Crippen LogP contribution in [0.15, 0.2) is 18.2 Å². The van der Waals surface area contributed by atoms with Crippen molar-refractivity contribution in [3.05, 3.63) is 23.8 Å². The summed E-state index contributed by atoms with van der Waals surface area (Å²) >= 11 is 0. The average molecular weight is 278 g/mol. The summed E-state index contributed by atoms with van der Waals surface area (Å²) in [7, 11) is 4.46. The summed E-state index contributed by atoms with van der Waals surface area (Å²) in [5.41, 5.74) is -0.776. The molecule has 0 radical (unpaired) electrons. The number of hydrogen-bond acceptors (Lipinski definition) is 5. The molecule has 0 spiro atoms. The van der Waals surface area contributed by atoms with Crippen LogP contribution >= 0.6 is 0 Å². The number of hydrogen-bond donors (Lipinski definition) is 1. The van der Waals surface area contributed by atoms with Crippen LogP contribution in [-0.2, 0) is 4.74 Å². The second kappa shape index (κ2) is 6.78. The van der Waals surface area contributed by atoms with E-state index in [0.717, 1.165) is 0 Å². The molecular formula is C14H18N2O4. The molecule has 108 valence electrons. The van der Waals surface area contributed by atoms with Crippen molar-refractivity contribution in [2.24, 2.45) is 0 Å². The van der Waals surface area contributed by atoms with Crippen molar-refractivity contribution in [1.29, 1.82) is 5.26 Å². The molecule has 1 unspecified atom stereocenters. The summed E-state index contributed by atoms with van der Waals surface area (Å²) in [6, 6.07) is 6.85. The average Bonchev–Trinajstić information content (AvgIpc) is 2.46. The third kappa shape index (κ3) is 3.62. The monoisotopic (exact) mass is 278 g/mol. The Morgan fingerprint density at radius 1 is 1.35 bits per heavy atom.